The molecule has 2 rings (SSSR count). The second-order valence-electron chi connectivity index (χ2n) is 5.46. The number of benzene rings is 1. The summed E-state index contributed by atoms with van der Waals surface area (Å²) in [6.45, 7) is 4.28. The van der Waals surface area contributed by atoms with Gasteiger partial charge in [0, 0.05) is 30.1 Å². The number of aromatic nitrogens is 1. The molecule has 0 bridgehead atoms. The van der Waals surface area contributed by atoms with Crippen molar-refractivity contribution < 1.29 is 14.3 Å². The van der Waals surface area contributed by atoms with Crippen LogP contribution < -0.4 is 20.1 Å². The van der Waals surface area contributed by atoms with Gasteiger partial charge in [0.25, 0.3) is 5.91 Å². The van der Waals surface area contributed by atoms with E-state index >= 15 is 0 Å². The van der Waals surface area contributed by atoms with Crippen LogP contribution in [0.25, 0.3) is 0 Å². The average molecular weight is 416 g/mol. The third-order valence-corrected chi connectivity index (χ3v) is 3.51. The molecule has 27 heavy (non-hydrogen) atoms. The molecule has 0 spiro atoms. The van der Waals surface area contributed by atoms with Crippen molar-refractivity contribution in [3.8, 4) is 11.5 Å². The molecule has 150 valence electrons. The lowest BCUT2D eigenvalue weighted by atomic mass is 10.2. The van der Waals surface area contributed by atoms with Crippen molar-refractivity contribution in [2.24, 2.45) is 0 Å². The zero-order valence-electron chi connectivity index (χ0n) is 15.6. The van der Waals surface area contributed by atoms with E-state index in [1.807, 2.05) is 26.1 Å². The molecule has 2 aromatic rings. The number of carbonyl (C=O) groups excluding carboxylic acids is 1. The SMILES string of the molecule is CCOc1cc(C(=O)NCCCNC)ccc1OCc1cccnc1.Cl.Cl. The van der Waals surface area contributed by atoms with Crippen LogP contribution in [0.4, 0.5) is 0 Å². The van der Waals surface area contributed by atoms with Crippen molar-refractivity contribution in [3.05, 3.63) is 53.9 Å². The van der Waals surface area contributed by atoms with E-state index in [1.54, 1.807) is 30.6 Å². The summed E-state index contributed by atoms with van der Waals surface area (Å²) >= 11 is 0. The van der Waals surface area contributed by atoms with Gasteiger partial charge < -0.3 is 20.1 Å². The summed E-state index contributed by atoms with van der Waals surface area (Å²) in [5, 5.41) is 5.95. The average Bonchev–Trinajstić information content (AvgIpc) is 2.65. The van der Waals surface area contributed by atoms with Crippen LogP contribution in [-0.4, -0.2) is 37.6 Å². The highest BCUT2D eigenvalue weighted by molar-refractivity contribution is 5.94. The van der Waals surface area contributed by atoms with Crippen molar-refractivity contribution in [1.82, 2.24) is 15.6 Å². The third kappa shape index (κ3) is 8.47. The first-order valence-electron chi connectivity index (χ1n) is 8.46. The van der Waals surface area contributed by atoms with Crippen molar-refractivity contribution in [1.29, 1.82) is 0 Å². The Morgan fingerprint density at radius 1 is 1.11 bits per heavy atom. The standard InChI is InChI=1S/C19H25N3O3.2ClH/c1-3-24-18-12-16(19(23)22-11-5-9-20-2)7-8-17(18)25-14-15-6-4-10-21-13-15;;/h4,6-8,10,12-13,20H,3,5,9,11,14H2,1-2H3,(H,22,23);2*1H. The first-order chi connectivity index (χ1) is 12.2. The zero-order chi connectivity index (χ0) is 17.9. The molecule has 1 heterocycles. The number of nitrogens with one attached hydrogen (secondary N) is 2. The van der Waals surface area contributed by atoms with Crippen LogP contribution in [0, 0.1) is 0 Å². The van der Waals surface area contributed by atoms with E-state index in [4.69, 9.17) is 9.47 Å². The maximum Gasteiger partial charge on any atom is 0.251 e. The first kappa shape index (κ1) is 25.0. The smallest absolute Gasteiger partial charge is 0.251 e. The summed E-state index contributed by atoms with van der Waals surface area (Å²) < 4.78 is 11.4. The van der Waals surface area contributed by atoms with Gasteiger partial charge in [0.2, 0.25) is 0 Å². The Bertz CT molecular complexity index is 673. The maximum atomic E-state index is 12.2. The molecule has 0 aliphatic carbocycles. The summed E-state index contributed by atoms with van der Waals surface area (Å²) in [5.41, 5.74) is 1.53. The van der Waals surface area contributed by atoms with E-state index in [0.717, 1.165) is 18.5 Å². The molecule has 0 radical (unpaired) electrons. The number of hydrogen-bond acceptors (Lipinski definition) is 5. The summed E-state index contributed by atoms with van der Waals surface area (Å²) in [4.78, 5) is 16.3. The van der Waals surface area contributed by atoms with Gasteiger partial charge >= 0.3 is 0 Å². The van der Waals surface area contributed by atoms with E-state index in [0.29, 0.717) is 36.8 Å². The Hall–Kier alpha value is -2.02. The molecule has 0 saturated carbocycles. The molecule has 1 aromatic carbocycles. The normalized spacial score (nSPS) is 9.56. The quantitative estimate of drug-likeness (QED) is 0.582. The largest absolute Gasteiger partial charge is 0.490 e. The molecule has 0 unspecified atom stereocenters. The molecule has 0 saturated heterocycles. The summed E-state index contributed by atoms with van der Waals surface area (Å²) in [5.74, 6) is 1.06. The fraction of sp³-hybridized carbons (Fsp3) is 0.368. The Morgan fingerprint density at radius 2 is 1.93 bits per heavy atom. The van der Waals surface area contributed by atoms with Gasteiger partial charge in [0.05, 0.1) is 6.61 Å². The Morgan fingerprint density at radius 3 is 2.59 bits per heavy atom. The summed E-state index contributed by atoms with van der Waals surface area (Å²) in [6.07, 6.45) is 4.36. The highest BCUT2D eigenvalue weighted by Crippen LogP contribution is 2.29. The lowest BCUT2D eigenvalue weighted by molar-refractivity contribution is 0.0952. The number of amides is 1. The minimum absolute atomic E-state index is 0. The highest BCUT2D eigenvalue weighted by atomic mass is 35.5. The van der Waals surface area contributed by atoms with E-state index in [-0.39, 0.29) is 30.7 Å². The predicted molar refractivity (Wildman–Crippen MR) is 112 cm³/mol. The third-order valence-electron chi connectivity index (χ3n) is 3.51. The van der Waals surface area contributed by atoms with Crippen LogP contribution in [0.1, 0.15) is 29.3 Å². The van der Waals surface area contributed by atoms with Crippen molar-refractivity contribution in [2.45, 2.75) is 20.0 Å². The maximum absolute atomic E-state index is 12.2. The number of nitrogens with zero attached hydrogens (tertiary/aromatic N) is 1. The fourth-order valence-electron chi connectivity index (χ4n) is 2.25. The van der Waals surface area contributed by atoms with Crippen LogP contribution in [0.5, 0.6) is 11.5 Å². The van der Waals surface area contributed by atoms with Gasteiger partial charge in [-0.3, -0.25) is 9.78 Å². The minimum Gasteiger partial charge on any atom is -0.490 e. The van der Waals surface area contributed by atoms with Crippen LogP contribution in [0.2, 0.25) is 0 Å². The molecular weight excluding hydrogens is 389 g/mol. The van der Waals surface area contributed by atoms with E-state index < -0.39 is 0 Å². The van der Waals surface area contributed by atoms with Crippen LogP contribution >= 0.6 is 24.8 Å². The van der Waals surface area contributed by atoms with Gasteiger partial charge in [0.1, 0.15) is 6.61 Å². The number of carbonyl (C=O) groups is 1. The molecule has 0 atom stereocenters. The fourth-order valence-corrected chi connectivity index (χ4v) is 2.25. The number of rotatable bonds is 10. The second-order valence-corrected chi connectivity index (χ2v) is 5.46. The van der Waals surface area contributed by atoms with Crippen molar-refractivity contribution in [3.63, 3.8) is 0 Å². The molecule has 0 aliphatic rings. The van der Waals surface area contributed by atoms with Gasteiger partial charge in [-0.25, -0.2) is 0 Å². The molecule has 1 aromatic heterocycles. The number of ether oxygens (including phenoxy) is 2. The number of halogens is 2. The van der Waals surface area contributed by atoms with Crippen molar-refractivity contribution in [2.75, 3.05) is 26.7 Å². The molecule has 1 amide bonds. The van der Waals surface area contributed by atoms with Gasteiger partial charge in [-0.2, -0.15) is 0 Å². The van der Waals surface area contributed by atoms with E-state index in [1.165, 1.54) is 0 Å². The minimum atomic E-state index is -0.115. The number of hydrogen-bond donors (Lipinski definition) is 2. The Balaban J connectivity index is 0.00000338. The second kappa shape index (κ2) is 14.1. The summed E-state index contributed by atoms with van der Waals surface area (Å²) in [7, 11) is 1.89. The van der Waals surface area contributed by atoms with Gasteiger partial charge in [-0.05, 0) is 51.2 Å². The van der Waals surface area contributed by atoms with Gasteiger partial charge in [-0.15, -0.1) is 24.8 Å². The topological polar surface area (TPSA) is 72.5 Å². The molecule has 2 N–H and O–H groups in total. The Kier molecular flexibility index (Phi) is 13.0. The molecule has 0 aliphatic heterocycles. The van der Waals surface area contributed by atoms with Gasteiger partial charge in [-0.1, -0.05) is 6.07 Å². The number of pyridine rings is 1. The first-order valence-corrected chi connectivity index (χ1v) is 8.46. The van der Waals surface area contributed by atoms with Gasteiger partial charge in [0.15, 0.2) is 11.5 Å². The summed E-state index contributed by atoms with van der Waals surface area (Å²) in [6, 6.07) is 9.04. The van der Waals surface area contributed by atoms with Crippen LogP contribution in [-0.2, 0) is 6.61 Å². The molecule has 6 nitrogen and oxygen atoms in total. The van der Waals surface area contributed by atoms with Crippen LogP contribution in [0.15, 0.2) is 42.7 Å². The lowest BCUT2D eigenvalue weighted by Gasteiger charge is -2.13. The molecule has 0 fully saturated rings. The molecular formula is C19H27Cl2N3O3. The van der Waals surface area contributed by atoms with E-state index in [9.17, 15) is 4.79 Å². The Labute approximate surface area is 172 Å². The zero-order valence-corrected chi connectivity index (χ0v) is 17.2. The van der Waals surface area contributed by atoms with Crippen LogP contribution in [0.3, 0.4) is 0 Å². The lowest BCUT2D eigenvalue weighted by Crippen LogP contribution is -2.26. The van der Waals surface area contributed by atoms with Crippen molar-refractivity contribution >= 4 is 30.7 Å². The molecule has 8 heteroatoms. The van der Waals surface area contributed by atoms with E-state index in [2.05, 4.69) is 15.6 Å². The highest BCUT2D eigenvalue weighted by Gasteiger charge is 2.11. The monoisotopic (exact) mass is 415 g/mol. The predicted octanol–water partition coefficient (Wildman–Crippen LogP) is 3.24.